The van der Waals surface area contributed by atoms with Crippen molar-refractivity contribution in [2.45, 2.75) is 38.1 Å². The van der Waals surface area contributed by atoms with Gasteiger partial charge in [-0.2, -0.15) is 5.26 Å². The Morgan fingerprint density at radius 1 is 1.53 bits per heavy atom. The van der Waals surface area contributed by atoms with Crippen LogP contribution in [-0.4, -0.2) is 25.7 Å². The molecule has 84 valence electrons. The lowest BCUT2D eigenvalue weighted by Crippen LogP contribution is -2.41. The monoisotopic (exact) mass is 210 g/mol. The first-order valence-corrected chi connectivity index (χ1v) is 5.46. The van der Waals surface area contributed by atoms with Gasteiger partial charge in [-0.3, -0.25) is 4.79 Å². The molecular weight excluding hydrogens is 192 g/mol. The van der Waals surface area contributed by atoms with Gasteiger partial charge in [0.25, 0.3) is 0 Å². The van der Waals surface area contributed by atoms with E-state index in [0.29, 0.717) is 5.92 Å². The van der Waals surface area contributed by atoms with Gasteiger partial charge in [-0.25, -0.2) is 0 Å². The Hall–Kier alpha value is -1.08. The van der Waals surface area contributed by atoms with Gasteiger partial charge in [0.1, 0.15) is 12.6 Å². The fourth-order valence-electron chi connectivity index (χ4n) is 2.07. The third kappa shape index (κ3) is 3.88. The van der Waals surface area contributed by atoms with Crippen LogP contribution in [0.2, 0.25) is 0 Å². The molecule has 0 spiro atoms. The number of amides is 1. The zero-order valence-corrected chi connectivity index (χ0v) is 9.16. The number of hydrogen-bond acceptors (Lipinski definition) is 3. The van der Waals surface area contributed by atoms with Crippen LogP contribution in [0.15, 0.2) is 0 Å². The second-order valence-electron chi connectivity index (χ2n) is 4.01. The Morgan fingerprint density at radius 3 is 2.73 bits per heavy atom. The summed E-state index contributed by atoms with van der Waals surface area (Å²) in [6.45, 7) is 0.0326. The maximum atomic E-state index is 11.3. The van der Waals surface area contributed by atoms with Crippen molar-refractivity contribution in [1.82, 2.24) is 5.32 Å². The molecule has 1 amide bonds. The van der Waals surface area contributed by atoms with E-state index in [1.165, 1.54) is 26.4 Å². The van der Waals surface area contributed by atoms with Crippen molar-refractivity contribution in [3.05, 3.63) is 0 Å². The van der Waals surface area contributed by atoms with Gasteiger partial charge in [0.05, 0.1) is 6.07 Å². The molecule has 4 nitrogen and oxygen atoms in total. The highest BCUT2D eigenvalue weighted by Crippen LogP contribution is 2.26. The SMILES string of the molecule is COCC(=O)NC(C#N)C1CCCCC1. The normalized spacial score (nSPS) is 19.2. The highest BCUT2D eigenvalue weighted by atomic mass is 16.5. The molecule has 1 rings (SSSR count). The molecule has 0 saturated heterocycles. The lowest BCUT2D eigenvalue weighted by atomic mass is 9.84. The summed E-state index contributed by atoms with van der Waals surface area (Å²) in [5.41, 5.74) is 0. The van der Waals surface area contributed by atoms with Crippen LogP contribution in [0, 0.1) is 17.2 Å². The van der Waals surface area contributed by atoms with Gasteiger partial charge in [-0.15, -0.1) is 0 Å². The molecule has 4 heteroatoms. The zero-order valence-electron chi connectivity index (χ0n) is 9.16. The molecule has 0 bridgehead atoms. The molecule has 1 aliphatic carbocycles. The fraction of sp³-hybridized carbons (Fsp3) is 0.818. The van der Waals surface area contributed by atoms with Crippen LogP contribution >= 0.6 is 0 Å². The van der Waals surface area contributed by atoms with E-state index in [1.54, 1.807) is 0 Å². The van der Waals surface area contributed by atoms with Gasteiger partial charge >= 0.3 is 0 Å². The van der Waals surface area contributed by atoms with E-state index >= 15 is 0 Å². The summed E-state index contributed by atoms with van der Waals surface area (Å²) < 4.78 is 4.71. The largest absolute Gasteiger partial charge is 0.375 e. The van der Waals surface area contributed by atoms with Crippen molar-refractivity contribution in [2.24, 2.45) is 5.92 Å². The van der Waals surface area contributed by atoms with Crippen molar-refractivity contribution in [1.29, 1.82) is 5.26 Å². The Morgan fingerprint density at radius 2 is 2.20 bits per heavy atom. The van der Waals surface area contributed by atoms with Crippen molar-refractivity contribution < 1.29 is 9.53 Å². The molecule has 15 heavy (non-hydrogen) atoms. The second-order valence-corrected chi connectivity index (χ2v) is 4.01. The van der Waals surface area contributed by atoms with Crippen LogP contribution in [0.3, 0.4) is 0 Å². The van der Waals surface area contributed by atoms with Gasteiger partial charge in [0.2, 0.25) is 5.91 Å². The first kappa shape index (κ1) is 12.0. The van der Waals surface area contributed by atoms with E-state index in [-0.39, 0.29) is 18.6 Å². The van der Waals surface area contributed by atoms with Gasteiger partial charge < -0.3 is 10.1 Å². The highest BCUT2D eigenvalue weighted by molar-refractivity contribution is 5.77. The standard InChI is InChI=1S/C11H18N2O2/c1-15-8-11(14)13-10(7-12)9-5-3-2-4-6-9/h9-10H,2-6,8H2,1H3,(H,13,14). The molecule has 1 atom stereocenters. The van der Waals surface area contributed by atoms with Gasteiger partial charge in [0.15, 0.2) is 0 Å². The molecule has 1 aliphatic rings. The molecule has 1 saturated carbocycles. The number of hydrogen-bond donors (Lipinski definition) is 1. The number of methoxy groups -OCH3 is 1. The van der Waals surface area contributed by atoms with Crippen LogP contribution in [0.25, 0.3) is 0 Å². The Labute approximate surface area is 90.6 Å². The first-order valence-electron chi connectivity index (χ1n) is 5.46. The van der Waals surface area contributed by atoms with Crippen molar-refractivity contribution in [3.63, 3.8) is 0 Å². The predicted molar refractivity (Wildman–Crippen MR) is 56.0 cm³/mol. The minimum Gasteiger partial charge on any atom is -0.375 e. The summed E-state index contributed by atoms with van der Waals surface area (Å²) in [7, 11) is 1.47. The smallest absolute Gasteiger partial charge is 0.247 e. The molecule has 1 N–H and O–H groups in total. The minimum absolute atomic E-state index is 0.0326. The molecule has 0 radical (unpaired) electrons. The number of ether oxygens (including phenoxy) is 1. The average Bonchev–Trinajstić information content (AvgIpc) is 2.27. The Kier molecular flexibility index (Phi) is 5.13. The molecule has 1 fully saturated rings. The van der Waals surface area contributed by atoms with Crippen LogP contribution in [0.4, 0.5) is 0 Å². The molecule has 0 aromatic rings. The third-order valence-electron chi connectivity index (χ3n) is 2.85. The Bertz CT molecular complexity index is 241. The van der Waals surface area contributed by atoms with Gasteiger partial charge in [-0.1, -0.05) is 19.3 Å². The molecule has 0 aromatic heterocycles. The summed E-state index contributed by atoms with van der Waals surface area (Å²) in [6, 6.07) is 1.83. The van der Waals surface area contributed by atoms with Crippen molar-refractivity contribution in [2.75, 3.05) is 13.7 Å². The number of nitriles is 1. The molecule has 0 aliphatic heterocycles. The fourth-order valence-corrected chi connectivity index (χ4v) is 2.07. The number of nitrogens with one attached hydrogen (secondary N) is 1. The number of nitrogens with zero attached hydrogens (tertiary/aromatic N) is 1. The van der Waals surface area contributed by atoms with Crippen molar-refractivity contribution >= 4 is 5.91 Å². The van der Waals surface area contributed by atoms with E-state index in [4.69, 9.17) is 10.00 Å². The summed E-state index contributed by atoms with van der Waals surface area (Å²) in [5.74, 6) is 0.124. The van der Waals surface area contributed by atoms with E-state index in [1.807, 2.05) is 0 Å². The molecular formula is C11H18N2O2. The van der Waals surface area contributed by atoms with Crippen LogP contribution < -0.4 is 5.32 Å². The maximum Gasteiger partial charge on any atom is 0.247 e. The number of carbonyl (C=O) groups is 1. The number of rotatable bonds is 4. The van der Waals surface area contributed by atoms with Gasteiger partial charge in [-0.05, 0) is 18.8 Å². The van der Waals surface area contributed by atoms with Crippen LogP contribution in [-0.2, 0) is 9.53 Å². The summed E-state index contributed by atoms with van der Waals surface area (Å²) >= 11 is 0. The predicted octanol–water partition coefficient (Wildman–Crippen LogP) is 1.22. The van der Waals surface area contributed by atoms with E-state index < -0.39 is 0 Å². The molecule has 0 heterocycles. The average molecular weight is 210 g/mol. The van der Waals surface area contributed by atoms with E-state index in [2.05, 4.69) is 11.4 Å². The van der Waals surface area contributed by atoms with Gasteiger partial charge in [0, 0.05) is 7.11 Å². The lowest BCUT2D eigenvalue weighted by Gasteiger charge is -2.26. The summed E-state index contributed by atoms with van der Waals surface area (Å²) in [5, 5.41) is 11.7. The van der Waals surface area contributed by atoms with Crippen LogP contribution in [0.1, 0.15) is 32.1 Å². The first-order chi connectivity index (χ1) is 7.27. The molecule has 0 aromatic carbocycles. The zero-order chi connectivity index (χ0) is 11.1. The number of carbonyl (C=O) groups excluding carboxylic acids is 1. The van der Waals surface area contributed by atoms with Crippen molar-refractivity contribution in [3.8, 4) is 6.07 Å². The van der Waals surface area contributed by atoms with E-state index in [0.717, 1.165) is 12.8 Å². The lowest BCUT2D eigenvalue weighted by molar-refractivity contribution is -0.125. The summed E-state index contributed by atoms with van der Waals surface area (Å²) in [4.78, 5) is 11.3. The Balaban J connectivity index is 2.41. The summed E-state index contributed by atoms with van der Waals surface area (Å²) in [6.07, 6.45) is 5.68. The third-order valence-corrected chi connectivity index (χ3v) is 2.85. The van der Waals surface area contributed by atoms with E-state index in [9.17, 15) is 4.79 Å². The minimum atomic E-state index is -0.340. The maximum absolute atomic E-state index is 11.3. The van der Waals surface area contributed by atoms with Crippen LogP contribution in [0.5, 0.6) is 0 Å². The topological polar surface area (TPSA) is 62.1 Å². The molecule has 1 unspecified atom stereocenters. The second kappa shape index (κ2) is 6.41. The highest BCUT2D eigenvalue weighted by Gasteiger charge is 2.24. The quantitative estimate of drug-likeness (QED) is 0.759.